The first kappa shape index (κ1) is 13.2. The van der Waals surface area contributed by atoms with Gasteiger partial charge in [0, 0.05) is 12.0 Å². The Hall–Kier alpha value is -1.88. The van der Waals surface area contributed by atoms with Crippen molar-refractivity contribution in [1.82, 2.24) is 0 Å². The number of nitrogens with two attached hydrogens (primary N) is 1. The molecule has 1 aromatic carbocycles. The maximum Gasteiger partial charge on any atom is 0.320 e. The van der Waals surface area contributed by atoms with Gasteiger partial charge in [-0.25, -0.2) is 0 Å². The van der Waals surface area contributed by atoms with Crippen molar-refractivity contribution in [1.29, 1.82) is 0 Å². The molecule has 1 rings (SSSR count). The number of phenolic OH excluding ortho intramolecular Hbond substituents is 1. The Morgan fingerprint density at radius 2 is 2.06 bits per heavy atom. The molecule has 5 nitrogen and oxygen atoms in total. The number of hydrogen-bond donors (Lipinski definition) is 3. The van der Waals surface area contributed by atoms with Crippen molar-refractivity contribution in [3.05, 3.63) is 29.3 Å². The fourth-order valence-electron chi connectivity index (χ4n) is 1.52. The van der Waals surface area contributed by atoms with Crippen LogP contribution in [0.5, 0.6) is 5.75 Å². The maximum atomic E-state index is 11.6. The number of phenols is 1. The van der Waals surface area contributed by atoms with Gasteiger partial charge in [0.25, 0.3) is 0 Å². The molecular weight excluding hydrogens is 222 g/mol. The summed E-state index contributed by atoms with van der Waals surface area (Å²) >= 11 is 0. The van der Waals surface area contributed by atoms with Crippen molar-refractivity contribution in [3.8, 4) is 5.75 Å². The first-order valence-electron chi connectivity index (χ1n) is 5.29. The number of ketones is 1. The van der Waals surface area contributed by atoms with E-state index in [9.17, 15) is 14.7 Å². The van der Waals surface area contributed by atoms with Gasteiger partial charge in [0.2, 0.25) is 0 Å². The predicted octanol–water partition coefficient (Wildman–Crippen LogP) is 0.939. The lowest BCUT2D eigenvalue weighted by Gasteiger charge is -2.11. The largest absolute Gasteiger partial charge is 0.508 e. The molecule has 0 amide bonds. The van der Waals surface area contributed by atoms with Gasteiger partial charge in [-0.05, 0) is 24.1 Å². The Kier molecular flexibility index (Phi) is 4.23. The zero-order valence-corrected chi connectivity index (χ0v) is 9.51. The highest BCUT2D eigenvalue weighted by Crippen LogP contribution is 2.19. The number of carboxylic acid groups (broad SMARTS) is 1. The molecule has 0 aliphatic rings. The van der Waals surface area contributed by atoms with E-state index in [1.54, 1.807) is 6.92 Å². The van der Waals surface area contributed by atoms with Crippen molar-refractivity contribution in [3.63, 3.8) is 0 Å². The average Bonchev–Trinajstić information content (AvgIpc) is 2.30. The smallest absolute Gasteiger partial charge is 0.320 e. The highest BCUT2D eigenvalue weighted by atomic mass is 16.4. The minimum atomic E-state index is -1.12. The molecule has 0 heterocycles. The van der Waals surface area contributed by atoms with Gasteiger partial charge in [-0.2, -0.15) is 0 Å². The molecule has 0 bridgehead atoms. The Morgan fingerprint density at radius 1 is 1.41 bits per heavy atom. The van der Waals surface area contributed by atoms with E-state index in [1.165, 1.54) is 18.2 Å². The molecule has 1 unspecified atom stereocenters. The van der Waals surface area contributed by atoms with Gasteiger partial charge in [0.05, 0.1) is 0 Å². The summed E-state index contributed by atoms with van der Waals surface area (Å²) in [6.45, 7) is 1.70. The van der Waals surface area contributed by atoms with Crippen LogP contribution >= 0.6 is 0 Å². The molecular formula is C12H15NO4. The second kappa shape index (κ2) is 5.45. The molecule has 1 atom stereocenters. The molecule has 0 aliphatic carbocycles. The van der Waals surface area contributed by atoms with Crippen molar-refractivity contribution in [2.24, 2.45) is 5.73 Å². The van der Waals surface area contributed by atoms with Gasteiger partial charge in [-0.1, -0.05) is 13.0 Å². The van der Waals surface area contributed by atoms with Crippen LogP contribution in [0.1, 0.15) is 29.3 Å². The summed E-state index contributed by atoms with van der Waals surface area (Å²) in [5.74, 6) is -1.28. The van der Waals surface area contributed by atoms with Gasteiger partial charge in [-0.15, -0.1) is 0 Å². The summed E-state index contributed by atoms with van der Waals surface area (Å²) in [5, 5.41) is 18.1. The number of Topliss-reactive ketones (excluding diaryl/α,β-unsaturated/α-hetero) is 1. The second-order valence-corrected chi connectivity index (χ2v) is 3.77. The Bertz CT molecular complexity index is 442. The van der Waals surface area contributed by atoms with Crippen LogP contribution in [0, 0.1) is 0 Å². The standard InChI is InChI=1S/C12H15NO4/c1-2-11(15)9-6-8(14)4-3-7(9)5-10(13)12(16)17/h3-4,6,10,14H,2,5,13H2,1H3,(H,16,17). The Balaban J connectivity index is 3.06. The van der Waals surface area contributed by atoms with Gasteiger partial charge in [0.15, 0.2) is 5.78 Å². The third kappa shape index (κ3) is 3.29. The molecule has 92 valence electrons. The molecule has 0 saturated heterocycles. The molecule has 0 aliphatic heterocycles. The summed E-state index contributed by atoms with van der Waals surface area (Å²) < 4.78 is 0. The molecule has 0 radical (unpaired) electrons. The van der Waals surface area contributed by atoms with Crippen LogP contribution in [0.2, 0.25) is 0 Å². The zero-order chi connectivity index (χ0) is 13.0. The number of carbonyl (C=O) groups is 2. The van der Waals surface area contributed by atoms with E-state index in [1.807, 2.05) is 0 Å². The third-order valence-corrected chi connectivity index (χ3v) is 2.47. The number of aromatic hydroxyl groups is 1. The number of carbonyl (C=O) groups excluding carboxylic acids is 1. The molecule has 5 heteroatoms. The lowest BCUT2D eigenvalue weighted by Crippen LogP contribution is -2.32. The van der Waals surface area contributed by atoms with Crippen LogP contribution in [-0.4, -0.2) is 28.0 Å². The van der Waals surface area contributed by atoms with Crippen molar-refractivity contribution in [2.45, 2.75) is 25.8 Å². The fourth-order valence-corrected chi connectivity index (χ4v) is 1.52. The second-order valence-electron chi connectivity index (χ2n) is 3.77. The highest BCUT2D eigenvalue weighted by Gasteiger charge is 2.17. The molecule has 0 fully saturated rings. The number of aliphatic carboxylic acids is 1. The first-order valence-corrected chi connectivity index (χ1v) is 5.29. The van der Waals surface area contributed by atoms with Crippen LogP contribution in [0.15, 0.2) is 18.2 Å². The highest BCUT2D eigenvalue weighted by molar-refractivity contribution is 5.97. The minimum Gasteiger partial charge on any atom is -0.508 e. The van der Waals surface area contributed by atoms with E-state index < -0.39 is 12.0 Å². The van der Waals surface area contributed by atoms with Crippen LogP contribution in [0.4, 0.5) is 0 Å². The van der Waals surface area contributed by atoms with Gasteiger partial charge in [0.1, 0.15) is 11.8 Å². The quantitative estimate of drug-likeness (QED) is 0.661. The minimum absolute atomic E-state index is 0.0190. The van der Waals surface area contributed by atoms with Crippen molar-refractivity contribution < 1.29 is 19.8 Å². The first-order chi connectivity index (χ1) is 7.95. The van der Waals surface area contributed by atoms with E-state index in [2.05, 4.69) is 0 Å². The van der Waals surface area contributed by atoms with Crippen molar-refractivity contribution in [2.75, 3.05) is 0 Å². The van der Waals surface area contributed by atoms with Crippen LogP contribution in [0.25, 0.3) is 0 Å². The summed E-state index contributed by atoms with van der Waals surface area (Å²) in [5.41, 5.74) is 6.31. The van der Waals surface area contributed by atoms with Gasteiger partial charge >= 0.3 is 5.97 Å². The van der Waals surface area contributed by atoms with Gasteiger partial charge < -0.3 is 15.9 Å². The van der Waals surface area contributed by atoms with E-state index in [4.69, 9.17) is 10.8 Å². The predicted molar refractivity (Wildman–Crippen MR) is 62.0 cm³/mol. The number of rotatable bonds is 5. The van der Waals surface area contributed by atoms with Crippen LogP contribution < -0.4 is 5.73 Å². The maximum absolute atomic E-state index is 11.6. The molecule has 0 aromatic heterocycles. The number of hydrogen-bond acceptors (Lipinski definition) is 4. The molecule has 0 spiro atoms. The molecule has 4 N–H and O–H groups in total. The number of benzene rings is 1. The number of carboxylic acids is 1. The lowest BCUT2D eigenvalue weighted by molar-refractivity contribution is -0.138. The SMILES string of the molecule is CCC(=O)c1cc(O)ccc1CC(N)C(=O)O. The fraction of sp³-hybridized carbons (Fsp3) is 0.333. The van der Waals surface area contributed by atoms with E-state index in [0.29, 0.717) is 17.5 Å². The topological polar surface area (TPSA) is 101 Å². The lowest BCUT2D eigenvalue weighted by atomic mass is 9.96. The zero-order valence-electron chi connectivity index (χ0n) is 9.51. The molecule has 1 aromatic rings. The summed E-state index contributed by atoms with van der Waals surface area (Å²) in [7, 11) is 0. The van der Waals surface area contributed by atoms with Crippen LogP contribution in [0.3, 0.4) is 0 Å². The summed E-state index contributed by atoms with van der Waals surface area (Å²) in [4.78, 5) is 22.3. The third-order valence-electron chi connectivity index (χ3n) is 2.47. The summed E-state index contributed by atoms with van der Waals surface area (Å²) in [6.07, 6.45) is 0.357. The van der Waals surface area contributed by atoms with Crippen LogP contribution in [-0.2, 0) is 11.2 Å². The average molecular weight is 237 g/mol. The van der Waals surface area contributed by atoms with Crippen molar-refractivity contribution >= 4 is 11.8 Å². The van der Waals surface area contributed by atoms with E-state index in [0.717, 1.165) is 0 Å². The van der Waals surface area contributed by atoms with E-state index >= 15 is 0 Å². The van der Waals surface area contributed by atoms with E-state index in [-0.39, 0.29) is 18.0 Å². The Morgan fingerprint density at radius 3 is 2.59 bits per heavy atom. The Labute approximate surface area is 98.9 Å². The summed E-state index contributed by atoms with van der Waals surface area (Å²) in [6, 6.07) is 3.23. The molecule has 0 saturated carbocycles. The molecule has 17 heavy (non-hydrogen) atoms. The normalized spacial score (nSPS) is 12.1. The van der Waals surface area contributed by atoms with Gasteiger partial charge in [-0.3, -0.25) is 9.59 Å². The monoisotopic (exact) mass is 237 g/mol.